The predicted molar refractivity (Wildman–Crippen MR) is 67.5 cm³/mol. The van der Waals surface area contributed by atoms with Gasteiger partial charge in [0.25, 0.3) is 5.67 Å². The predicted octanol–water partition coefficient (Wildman–Crippen LogP) is 3.58. The van der Waals surface area contributed by atoms with Gasteiger partial charge in [0.1, 0.15) is 0 Å². The maximum atomic E-state index is 14.7. The maximum absolute atomic E-state index is 14.7. The first-order valence-corrected chi connectivity index (χ1v) is 6.85. The monoisotopic (exact) mass is 442 g/mol. The summed E-state index contributed by atoms with van der Waals surface area (Å²) in [6, 6.07) is -0.652. The number of hydrogen-bond acceptors (Lipinski definition) is 3. The van der Waals surface area contributed by atoms with Crippen LogP contribution in [0.4, 0.5) is 43.9 Å². The van der Waals surface area contributed by atoms with E-state index in [-0.39, 0.29) is 0 Å². The van der Waals surface area contributed by atoms with E-state index in [0.29, 0.717) is 0 Å². The zero-order valence-electron chi connectivity index (χ0n) is 13.1. The van der Waals surface area contributed by atoms with Gasteiger partial charge in [-0.2, -0.15) is 17.6 Å². The Kier molecular flexibility index (Phi) is 5.01. The zero-order chi connectivity index (χ0) is 22.7. The quantitative estimate of drug-likeness (QED) is 0.423. The van der Waals surface area contributed by atoms with Crippen LogP contribution in [-0.4, -0.2) is 39.6 Å². The molecule has 1 aromatic carbocycles. The largest absolute Gasteiger partial charge is 0.481 e. The van der Waals surface area contributed by atoms with Gasteiger partial charge in [0.2, 0.25) is 17.5 Å². The van der Waals surface area contributed by atoms with E-state index >= 15 is 0 Å². The fourth-order valence-corrected chi connectivity index (χ4v) is 2.43. The number of carboxylic acid groups (broad SMARTS) is 2. The van der Waals surface area contributed by atoms with Crippen molar-refractivity contribution in [2.75, 3.05) is 0 Å². The van der Waals surface area contributed by atoms with Crippen LogP contribution in [0, 0.1) is 29.2 Å². The summed E-state index contributed by atoms with van der Waals surface area (Å²) in [6.45, 7) is 0. The van der Waals surface area contributed by atoms with Crippen molar-refractivity contribution in [2.24, 2.45) is 5.92 Å². The molecule has 0 aromatic heterocycles. The highest BCUT2D eigenvalue weighted by atomic mass is 19.3. The van der Waals surface area contributed by atoms with E-state index in [1.807, 2.05) is 0 Å². The average molecular weight is 442 g/mol. The van der Waals surface area contributed by atoms with Gasteiger partial charge in [0, 0.05) is 6.07 Å². The van der Waals surface area contributed by atoms with Crippen molar-refractivity contribution in [3.63, 3.8) is 0 Å². The molecule has 0 spiro atoms. The lowest BCUT2D eigenvalue weighted by Crippen LogP contribution is -2.71. The Balaban J connectivity index is 2.83. The molecule has 0 heterocycles. The number of rotatable bonds is 4. The Labute approximate surface area is 151 Å². The summed E-state index contributed by atoms with van der Waals surface area (Å²) < 4.78 is 142. The molecule has 1 aliphatic rings. The van der Waals surface area contributed by atoms with E-state index in [9.17, 15) is 53.5 Å². The third-order valence-electron chi connectivity index (χ3n) is 3.88. The normalized spacial score (nSPS) is 29.0. The Hall–Kier alpha value is -3.00. The molecule has 0 amide bonds. The first-order chi connectivity index (χ1) is 13.1. The maximum Gasteiger partial charge on any atom is 0.370 e. The van der Waals surface area contributed by atoms with Crippen molar-refractivity contribution in [2.45, 2.75) is 17.4 Å². The van der Waals surface area contributed by atoms with Gasteiger partial charge in [-0.3, -0.25) is 4.79 Å². The zero-order valence-corrected chi connectivity index (χ0v) is 13.1. The van der Waals surface area contributed by atoms with Crippen molar-refractivity contribution in [3.05, 3.63) is 41.0 Å². The van der Waals surface area contributed by atoms with Gasteiger partial charge in [-0.15, -0.1) is 0 Å². The topological polar surface area (TPSA) is 83.8 Å². The lowest BCUT2D eigenvalue weighted by molar-refractivity contribution is -0.296. The van der Waals surface area contributed by atoms with Crippen LogP contribution in [0.3, 0.4) is 0 Å². The molecular weight excluding hydrogens is 438 g/mol. The van der Waals surface area contributed by atoms with E-state index in [1.54, 1.807) is 0 Å². The van der Waals surface area contributed by atoms with Gasteiger partial charge in [0.05, 0.1) is 0 Å². The Morgan fingerprint density at radius 1 is 0.897 bits per heavy atom. The summed E-state index contributed by atoms with van der Waals surface area (Å²) in [6.07, 6.45) is 0. The molecule has 1 aliphatic carbocycles. The van der Waals surface area contributed by atoms with Crippen LogP contribution in [0.1, 0.15) is 0 Å². The van der Waals surface area contributed by atoms with E-state index < -0.39 is 82.0 Å². The fourth-order valence-electron chi connectivity index (χ4n) is 2.43. The van der Waals surface area contributed by atoms with Gasteiger partial charge < -0.3 is 14.9 Å². The third-order valence-corrected chi connectivity index (χ3v) is 3.88. The Bertz CT molecular complexity index is 947. The van der Waals surface area contributed by atoms with Gasteiger partial charge in [-0.05, 0) is 0 Å². The Morgan fingerprint density at radius 2 is 1.41 bits per heavy atom. The lowest BCUT2D eigenvalue weighted by atomic mass is 9.74. The van der Waals surface area contributed by atoms with Crippen LogP contribution in [0.5, 0.6) is 5.75 Å². The number of halogens is 10. The van der Waals surface area contributed by atoms with Crippen LogP contribution in [0.15, 0.2) is 17.7 Å². The second-order valence-corrected chi connectivity index (χ2v) is 5.52. The molecule has 2 N–H and O–H groups in total. The van der Waals surface area contributed by atoms with Crippen LogP contribution >= 0.6 is 0 Å². The van der Waals surface area contributed by atoms with E-state index in [2.05, 4.69) is 4.74 Å². The second kappa shape index (κ2) is 6.52. The molecule has 160 valence electrons. The number of aliphatic carboxylic acids is 2. The highest BCUT2D eigenvalue weighted by Gasteiger charge is 2.84. The summed E-state index contributed by atoms with van der Waals surface area (Å²) in [4.78, 5) is 21.7. The highest BCUT2D eigenvalue weighted by Crippen LogP contribution is 2.58. The number of ether oxygens (including phenoxy) is 1. The minimum Gasteiger partial charge on any atom is -0.481 e. The average Bonchev–Trinajstić information content (AvgIpc) is 2.61. The second-order valence-electron chi connectivity index (χ2n) is 5.52. The van der Waals surface area contributed by atoms with Crippen molar-refractivity contribution in [1.29, 1.82) is 0 Å². The van der Waals surface area contributed by atoms with Crippen molar-refractivity contribution >= 4 is 11.9 Å². The minimum atomic E-state index is -6.47. The highest BCUT2D eigenvalue weighted by molar-refractivity contribution is 5.90. The van der Waals surface area contributed by atoms with Crippen LogP contribution < -0.4 is 4.74 Å². The number of carboxylic acids is 2. The van der Waals surface area contributed by atoms with E-state index in [4.69, 9.17) is 10.2 Å². The van der Waals surface area contributed by atoms with Gasteiger partial charge in [-0.1, -0.05) is 0 Å². The van der Waals surface area contributed by atoms with Gasteiger partial charge in [-0.25, -0.2) is 31.1 Å². The molecule has 0 fully saturated rings. The molecule has 0 saturated heterocycles. The summed E-state index contributed by atoms with van der Waals surface area (Å²) in [5.41, 5.74) is -5.76. The molecule has 1 aromatic rings. The molecule has 3 atom stereocenters. The summed E-state index contributed by atoms with van der Waals surface area (Å²) in [5.74, 6) is -42.7. The molecule has 0 radical (unpaired) electrons. The van der Waals surface area contributed by atoms with E-state index in [0.717, 1.165) is 0 Å². The molecule has 3 unspecified atom stereocenters. The number of alkyl halides is 4. The molecule has 0 bridgehead atoms. The first-order valence-electron chi connectivity index (χ1n) is 6.85. The Morgan fingerprint density at radius 3 is 1.86 bits per heavy atom. The standard InChI is InChI=1S/C14H4F10O5/c15-2-1-3(6(17)8(19)5(2)16)29-13(22)9(20)7(18)4(10(25)26)12(21,11(27)28)14(13,23)24/h1,4H,(H,25,26)(H,27,28). The summed E-state index contributed by atoms with van der Waals surface area (Å²) in [7, 11) is 0. The number of benzene rings is 1. The van der Waals surface area contributed by atoms with E-state index in [1.165, 1.54) is 0 Å². The van der Waals surface area contributed by atoms with Crippen molar-refractivity contribution < 1.29 is 68.4 Å². The number of hydrogen-bond donors (Lipinski definition) is 2. The van der Waals surface area contributed by atoms with Crippen LogP contribution in [0.25, 0.3) is 0 Å². The third kappa shape index (κ3) is 2.70. The SMILES string of the molecule is O=C(O)C1C(F)=C(F)C(F)(Oc2cc(F)c(F)c(F)c2F)C(F)(F)C1(F)C(=O)O. The van der Waals surface area contributed by atoms with Crippen LogP contribution in [-0.2, 0) is 9.59 Å². The molecule has 0 saturated carbocycles. The summed E-state index contributed by atoms with van der Waals surface area (Å²) in [5, 5.41) is 17.2. The van der Waals surface area contributed by atoms with Crippen LogP contribution in [0.2, 0.25) is 0 Å². The number of carbonyl (C=O) groups is 2. The fraction of sp³-hybridized carbons (Fsp3) is 0.286. The lowest BCUT2D eigenvalue weighted by Gasteiger charge is -2.43. The molecule has 0 aliphatic heterocycles. The van der Waals surface area contributed by atoms with Gasteiger partial charge >= 0.3 is 23.7 Å². The van der Waals surface area contributed by atoms with Gasteiger partial charge in [0.15, 0.2) is 29.1 Å². The molecule has 5 nitrogen and oxygen atoms in total. The summed E-state index contributed by atoms with van der Waals surface area (Å²) >= 11 is 0. The molecule has 15 heteroatoms. The first kappa shape index (κ1) is 22.3. The molecular formula is C14H4F10O5. The molecule has 2 rings (SSSR count). The van der Waals surface area contributed by atoms with Crippen molar-refractivity contribution in [1.82, 2.24) is 0 Å². The smallest absolute Gasteiger partial charge is 0.370 e. The van der Waals surface area contributed by atoms with Crippen molar-refractivity contribution in [3.8, 4) is 5.75 Å². The molecule has 29 heavy (non-hydrogen) atoms. The minimum absolute atomic E-state index is 0.652.